The lowest BCUT2D eigenvalue weighted by Crippen LogP contribution is -2.40. The Balaban J connectivity index is 1.92. The SMILES string of the molecule is CC(C)CCN(C)C(=O)[C@@H]1Cc2ccccc2N1. The summed E-state index contributed by atoms with van der Waals surface area (Å²) >= 11 is 0. The average molecular weight is 246 g/mol. The Hall–Kier alpha value is -1.51. The van der Waals surface area contributed by atoms with Gasteiger partial charge in [-0.05, 0) is 24.0 Å². The summed E-state index contributed by atoms with van der Waals surface area (Å²) in [6.45, 7) is 5.20. The standard InChI is InChI=1S/C15H22N2O/c1-11(2)8-9-17(3)15(18)14-10-12-6-4-5-7-13(12)16-14/h4-7,11,14,16H,8-10H2,1-3H3/t14-/m0/s1. The van der Waals surface area contributed by atoms with Crippen LogP contribution < -0.4 is 5.32 Å². The highest BCUT2D eigenvalue weighted by Crippen LogP contribution is 2.25. The van der Waals surface area contributed by atoms with E-state index in [1.807, 2.05) is 30.1 Å². The van der Waals surface area contributed by atoms with Crippen molar-refractivity contribution in [2.75, 3.05) is 18.9 Å². The molecule has 1 aromatic carbocycles. The van der Waals surface area contributed by atoms with Crippen LogP contribution in [0.1, 0.15) is 25.8 Å². The van der Waals surface area contributed by atoms with Gasteiger partial charge in [-0.15, -0.1) is 0 Å². The quantitative estimate of drug-likeness (QED) is 0.885. The topological polar surface area (TPSA) is 32.3 Å². The number of likely N-dealkylation sites (N-methyl/N-ethyl adjacent to an activating group) is 1. The van der Waals surface area contributed by atoms with Gasteiger partial charge in [0.25, 0.3) is 0 Å². The molecule has 1 heterocycles. The van der Waals surface area contributed by atoms with Gasteiger partial charge in [-0.2, -0.15) is 0 Å². The monoisotopic (exact) mass is 246 g/mol. The number of para-hydroxylation sites is 1. The third-order valence-corrected chi connectivity index (χ3v) is 3.49. The fraction of sp³-hybridized carbons (Fsp3) is 0.533. The van der Waals surface area contributed by atoms with Gasteiger partial charge < -0.3 is 10.2 Å². The Morgan fingerprint density at radius 2 is 2.17 bits per heavy atom. The Morgan fingerprint density at radius 3 is 2.83 bits per heavy atom. The van der Waals surface area contributed by atoms with Crippen molar-refractivity contribution in [2.24, 2.45) is 5.92 Å². The summed E-state index contributed by atoms with van der Waals surface area (Å²) in [5.41, 5.74) is 2.35. The number of nitrogens with one attached hydrogen (secondary N) is 1. The lowest BCUT2D eigenvalue weighted by molar-refractivity contribution is -0.130. The highest BCUT2D eigenvalue weighted by atomic mass is 16.2. The second-order valence-corrected chi connectivity index (χ2v) is 5.50. The zero-order chi connectivity index (χ0) is 13.1. The van der Waals surface area contributed by atoms with Gasteiger partial charge in [0.05, 0.1) is 0 Å². The third kappa shape index (κ3) is 2.84. The number of rotatable bonds is 4. The number of carbonyl (C=O) groups excluding carboxylic acids is 1. The molecule has 0 unspecified atom stereocenters. The first-order chi connectivity index (χ1) is 8.58. The molecule has 3 heteroatoms. The van der Waals surface area contributed by atoms with Crippen LogP contribution in [0.4, 0.5) is 5.69 Å². The zero-order valence-electron chi connectivity index (χ0n) is 11.4. The van der Waals surface area contributed by atoms with Gasteiger partial charge in [0.2, 0.25) is 5.91 Å². The van der Waals surface area contributed by atoms with Crippen LogP contribution in [0.25, 0.3) is 0 Å². The van der Waals surface area contributed by atoms with E-state index in [0.29, 0.717) is 5.92 Å². The van der Waals surface area contributed by atoms with Crippen molar-refractivity contribution in [3.05, 3.63) is 29.8 Å². The molecule has 1 N–H and O–H groups in total. The van der Waals surface area contributed by atoms with Crippen LogP contribution in [-0.4, -0.2) is 30.4 Å². The molecule has 18 heavy (non-hydrogen) atoms. The zero-order valence-corrected chi connectivity index (χ0v) is 11.4. The van der Waals surface area contributed by atoms with Crippen LogP contribution in [0, 0.1) is 5.92 Å². The molecule has 0 saturated carbocycles. The first kappa shape index (κ1) is 12.9. The van der Waals surface area contributed by atoms with Crippen molar-refractivity contribution in [2.45, 2.75) is 32.7 Å². The summed E-state index contributed by atoms with van der Waals surface area (Å²) < 4.78 is 0. The van der Waals surface area contributed by atoms with Gasteiger partial charge in [0, 0.05) is 25.7 Å². The van der Waals surface area contributed by atoms with Gasteiger partial charge in [-0.25, -0.2) is 0 Å². The second kappa shape index (κ2) is 5.42. The molecule has 0 spiro atoms. The highest BCUT2D eigenvalue weighted by molar-refractivity contribution is 5.87. The third-order valence-electron chi connectivity index (χ3n) is 3.49. The van der Waals surface area contributed by atoms with Crippen molar-refractivity contribution in [1.29, 1.82) is 0 Å². The summed E-state index contributed by atoms with van der Waals surface area (Å²) in [6.07, 6.45) is 1.86. The molecule has 1 aromatic rings. The Labute approximate surface area is 109 Å². The Morgan fingerprint density at radius 1 is 1.44 bits per heavy atom. The molecule has 1 atom stereocenters. The normalized spacial score (nSPS) is 17.4. The van der Waals surface area contributed by atoms with Crippen molar-refractivity contribution in [1.82, 2.24) is 4.90 Å². The molecular formula is C15H22N2O. The number of benzene rings is 1. The number of nitrogens with zero attached hydrogens (tertiary/aromatic N) is 1. The van der Waals surface area contributed by atoms with Gasteiger partial charge in [0.15, 0.2) is 0 Å². The number of carbonyl (C=O) groups is 1. The number of amides is 1. The summed E-state index contributed by atoms with van der Waals surface area (Å²) in [4.78, 5) is 14.1. The first-order valence-electron chi connectivity index (χ1n) is 6.67. The van der Waals surface area contributed by atoms with Crippen molar-refractivity contribution < 1.29 is 4.79 Å². The van der Waals surface area contributed by atoms with E-state index < -0.39 is 0 Å². The van der Waals surface area contributed by atoms with Crippen LogP contribution in [0.5, 0.6) is 0 Å². The summed E-state index contributed by atoms with van der Waals surface area (Å²) in [5.74, 6) is 0.834. The molecule has 0 radical (unpaired) electrons. The van der Waals surface area contributed by atoms with E-state index in [1.54, 1.807) is 0 Å². The minimum atomic E-state index is -0.0837. The highest BCUT2D eigenvalue weighted by Gasteiger charge is 2.28. The lowest BCUT2D eigenvalue weighted by Gasteiger charge is -2.22. The van der Waals surface area contributed by atoms with E-state index in [-0.39, 0.29) is 11.9 Å². The Bertz CT molecular complexity index is 403. The molecule has 2 rings (SSSR count). The molecular weight excluding hydrogens is 224 g/mol. The Kier molecular flexibility index (Phi) is 3.90. The predicted octanol–water partition coefficient (Wildman–Crippen LogP) is 2.53. The maximum Gasteiger partial charge on any atom is 0.245 e. The minimum Gasteiger partial charge on any atom is -0.373 e. The smallest absolute Gasteiger partial charge is 0.245 e. The van der Waals surface area contributed by atoms with E-state index in [9.17, 15) is 4.79 Å². The summed E-state index contributed by atoms with van der Waals surface area (Å²) in [5, 5.41) is 3.31. The van der Waals surface area contributed by atoms with Gasteiger partial charge in [0.1, 0.15) is 6.04 Å². The predicted molar refractivity (Wildman–Crippen MR) is 74.6 cm³/mol. The molecule has 1 aliphatic rings. The summed E-state index contributed by atoms with van der Waals surface area (Å²) in [6, 6.07) is 8.07. The van der Waals surface area contributed by atoms with E-state index in [2.05, 4.69) is 25.2 Å². The summed E-state index contributed by atoms with van der Waals surface area (Å²) in [7, 11) is 1.90. The van der Waals surface area contributed by atoms with Crippen LogP contribution in [0.3, 0.4) is 0 Å². The maximum absolute atomic E-state index is 12.3. The first-order valence-corrected chi connectivity index (χ1v) is 6.67. The van der Waals surface area contributed by atoms with Gasteiger partial charge in [-0.1, -0.05) is 32.0 Å². The molecule has 3 nitrogen and oxygen atoms in total. The van der Waals surface area contributed by atoms with E-state index in [4.69, 9.17) is 0 Å². The molecule has 0 aliphatic carbocycles. The van der Waals surface area contributed by atoms with Crippen molar-refractivity contribution in [3.8, 4) is 0 Å². The molecule has 98 valence electrons. The molecule has 0 saturated heterocycles. The molecule has 1 amide bonds. The van der Waals surface area contributed by atoms with E-state index in [0.717, 1.165) is 25.1 Å². The van der Waals surface area contributed by atoms with Crippen LogP contribution >= 0.6 is 0 Å². The fourth-order valence-corrected chi connectivity index (χ4v) is 2.27. The van der Waals surface area contributed by atoms with Crippen molar-refractivity contribution in [3.63, 3.8) is 0 Å². The molecule has 0 bridgehead atoms. The average Bonchev–Trinajstić information content (AvgIpc) is 2.78. The van der Waals surface area contributed by atoms with Crippen LogP contribution in [0.15, 0.2) is 24.3 Å². The van der Waals surface area contributed by atoms with Crippen LogP contribution in [-0.2, 0) is 11.2 Å². The number of anilines is 1. The molecule has 0 aromatic heterocycles. The van der Waals surface area contributed by atoms with Crippen molar-refractivity contribution >= 4 is 11.6 Å². The van der Waals surface area contributed by atoms with Gasteiger partial charge >= 0.3 is 0 Å². The number of hydrogen-bond acceptors (Lipinski definition) is 2. The largest absolute Gasteiger partial charge is 0.373 e. The van der Waals surface area contributed by atoms with Gasteiger partial charge in [-0.3, -0.25) is 4.79 Å². The van der Waals surface area contributed by atoms with E-state index in [1.165, 1.54) is 5.56 Å². The molecule has 0 fully saturated rings. The van der Waals surface area contributed by atoms with E-state index >= 15 is 0 Å². The molecule has 1 aliphatic heterocycles. The fourth-order valence-electron chi connectivity index (χ4n) is 2.27. The number of hydrogen-bond donors (Lipinski definition) is 1. The maximum atomic E-state index is 12.3. The second-order valence-electron chi connectivity index (χ2n) is 5.50. The number of fused-ring (bicyclic) bond motifs is 1. The minimum absolute atomic E-state index is 0.0837. The lowest BCUT2D eigenvalue weighted by atomic mass is 10.1. The van der Waals surface area contributed by atoms with Crippen LogP contribution in [0.2, 0.25) is 0 Å².